The Morgan fingerprint density at radius 1 is 1.15 bits per heavy atom. The summed E-state index contributed by atoms with van der Waals surface area (Å²) < 4.78 is 39.3. The number of hydrogen-bond acceptors (Lipinski definition) is 4. The normalized spacial score (nSPS) is 19.7. The van der Waals surface area contributed by atoms with Crippen LogP contribution in [0.1, 0.15) is 25.3 Å². The van der Waals surface area contributed by atoms with Gasteiger partial charge in [0.05, 0.1) is 28.9 Å². The molecule has 0 saturated carbocycles. The first-order valence-electron chi connectivity index (χ1n) is 11.1. The zero-order chi connectivity index (χ0) is 24.5. The number of benzene rings is 2. The number of likely N-dealkylation sites (tertiary alicyclic amines) is 1. The number of amides is 3. The van der Waals surface area contributed by atoms with Gasteiger partial charge in [0.25, 0.3) is 0 Å². The van der Waals surface area contributed by atoms with Gasteiger partial charge in [-0.05, 0) is 56.6 Å². The van der Waals surface area contributed by atoms with Gasteiger partial charge < -0.3 is 10.6 Å². The molecule has 2 aliphatic rings. The second-order valence-electron chi connectivity index (χ2n) is 8.57. The van der Waals surface area contributed by atoms with E-state index in [1.807, 2.05) is 23.1 Å². The van der Waals surface area contributed by atoms with Crippen molar-refractivity contribution in [3.63, 3.8) is 0 Å². The number of hydrogen-bond donors (Lipinski definition) is 2. The summed E-state index contributed by atoms with van der Waals surface area (Å²) in [7, 11) is 0. The summed E-state index contributed by atoms with van der Waals surface area (Å²) >= 11 is 0. The summed E-state index contributed by atoms with van der Waals surface area (Å²) in [6, 6.07) is 11.4. The first-order chi connectivity index (χ1) is 16.1. The van der Waals surface area contributed by atoms with Gasteiger partial charge in [0, 0.05) is 12.2 Å². The van der Waals surface area contributed by atoms with Crippen molar-refractivity contribution in [2.24, 2.45) is 5.92 Å². The van der Waals surface area contributed by atoms with Crippen molar-refractivity contribution >= 4 is 34.8 Å². The quantitative estimate of drug-likeness (QED) is 0.708. The first-order valence-corrected chi connectivity index (χ1v) is 11.1. The molecule has 0 aromatic heterocycles. The molecule has 3 amide bonds. The predicted octanol–water partition coefficient (Wildman–Crippen LogP) is 3.73. The van der Waals surface area contributed by atoms with Crippen molar-refractivity contribution in [1.82, 2.24) is 4.90 Å². The molecule has 1 saturated heterocycles. The largest absolute Gasteiger partial charge is 0.416 e. The zero-order valence-electron chi connectivity index (χ0n) is 18.6. The topological polar surface area (TPSA) is 81.8 Å². The van der Waals surface area contributed by atoms with Gasteiger partial charge in [-0.3, -0.25) is 24.2 Å². The summed E-state index contributed by atoms with van der Waals surface area (Å²) in [5.74, 6) is -1.40. The van der Waals surface area contributed by atoms with Crippen molar-refractivity contribution in [1.29, 1.82) is 0 Å². The van der Waals surface area contributed by atoms with Gasteiger partial charge in [0.1, 0.15) is 6.54 Å². The maximum Gasteiger partial charge on any atom is 0.416 e. The minimum absolute atomic E-state index is 0.0506. The van der Waals surface area contributed by atoms with Crippen LogP contribution < -0.4 is 15.5 Å². The number of alkyl halides is 3. The third kappa shape index (κ3) is 5.06. The maximum absolute atomic E-state index is 13.3. The van der Waals surface area contributed by atoms with E-state index in [0.717, 1.165) is 18.6 Å². The average molecular weight is 474 g/mol. The Hall–Kier alpha value is -3.40. The fourth-order valence-corrected chi connectivity index (χ4v) is 4.38. The van der Waals surface area contributed by atoms with Gasteiger partial charge >= 0.3 is 6.18 Å². The maximum atomic E-state index is 13.3. The van der Waals surface area contributed by atoms with Crippen LogP contribution in [0.3, 0.4) is 0 Å². The number of halogens is 3. The molecule has 0 aliphatic carbocycles. The smallest absolute Gasteiger partial charge is 0.326 e. The monoisotopic (exact) mass is 474 g/mol. The third-order valence-corrected chi connectivity index (χ3v) is 6.23. The summed E-state index contributed by atoms with van der Waals surface area (Å²) in [5.41, 5.74) is -0.0367. The van der Waals surface area contributed by atoms with E-state index in [1.165, 1.54) is 11.0 Å². The number of fused-ring (bicyclic) bond motifs is 1. The lowest BCUT2D eigenvalue weighted by Crippen LogP contribution is -2.54. The number of piperidine rings is 1. The lowest BCUT2D eigenvalue weighted by atomic mass is 9.95. The van der Waals surface area contributed by atoms with Crippen molar-refractivity contribution in [3.05, 3.63) is 54.1 Å². The number of rotatable bonds is 4. The summed E-state index contributed by atoms with van der Waals surface area (Å²) in [6.45, 7) is 2.37. The minimum Gasteiger partial charge on any atom is -0.326 e. The summed E-state index contributed by atoms with van der Waals surface area (Å²) in [4.78, 5) is 41.3. The molecule has 2 heterocycles. The molecule has 0 unspecified atom stereocenters. The van der Waals surface area contributed by atoms with E-state index in [1.54, 1.807) is 19.1 Å². The fraction of sp³-hybridized carbons (Fsp3) is 0.375. The van der Waals surface area contributed by atoms with Crippen molar-refractivity contribution in [3.8, 4) is 0 Å². The molecule has 180 valence electrons. The van der Waals surface area contributed by atoms with Crippen LogP contribution in [0.15, 0.2) is 48.5 Å². The Kier molecular flexibility index (Phi) is 6.60. The highest BCUT2D eigenvalue weighted by molar-refractivity contribution is 6.11. The van der Waals surface area contributed by atoms with Crippen molar-refractivity contribution in [2.45, 2.75) is 32.0 Å². The van der Waals surface area contributed by atoms with Crippen LogP contribution in [0.2, 0.25) is 0 Å². The van der Waals surface area contributed by atoms with Crippen LogP contribution in [0.4, 0.5) is 30.2 Å². The Morgan fingerprint density at radius 2 is 1.88 bits per heavy atom. The number of nitrogens with zero attached hydrogens (tertiary/aromatic N) is 2. The Balaban J connectivity index is 1.48. The first kappa shape index (κ1) is 23.7. The van der Waals surface area contributed by atoms with E-state index in [2.05, 4.69) is 10.6 Å². The average Bonchev–Trinajstić information content (AvgIpc) is 2.82. The van der Waals surface area contributed by atoms with Gasteiger partial charge in [0.2, 0.25) is 17.7 Å². The molecule has 1 fully saturated rings. The molecule has 2 N–H and O–H groups in total. The van der Waals surface area contributed by atoms with Gasteiger partial charge in [0.15, 0.2) is 0 Å². The van der Waals surface area contributed by atoms with Crippen LogP contribution in [0, 0.1) is 5.92 Å². The Labute approximate surface area is 194 Å². The highest BCUT2D eigenvalue weighted by Crippen LogP contribution is 2.37. The van der Waals surface area contributed by atoms with Crippen LogP contribution in [0.25, 0.3) is 0 Å². The highest BCUT2D eigenvalue weighted by Gasteiger charge is 2.37. The number of para-hydroxylation sites is 1. The lowest BCUT2D eigenvalue weighted by Gasteiger charge is -2.38. The van der Waals surface area contributed by atoms with E-state index in [-0.39, 0.29) is 29.7 Å². The van der Waals surface area contributed by atoms with E-state index in [9.17, 15) is 27.6 Å². The Morgan fingerprint density at radius 3 is 2.59 bits per heavy atom. The zero-order valence-corrected chi connectivity index (χ0v) is 18.6. The van der Waals surface area contributed by atoms with Crippen LogP contribution in [-0.4, -0.2) is 48.3 Å². The van der Waals surface area contributed by atoms with E-state index >= 15 is 0 Å². The van der Waals surface area contributed by atoms with Gasteiger partial charge in [-0.1, -0.05) is 18.2 Å². The molecule has 7 nitrogen and oxygen atoms in total. The van der Waals surface area contributed by atoms with Crippen LogP contribution >= 0.6 is 0 Å². The van der Waals surface area contributed by atoms with Gasteiger partial charge in [-0.25, -0.2) is 0 Å². The SMILES string of the molecule is C[C@@H](C(=O)N1CC(=O)Nc2cc(C(F)(F)F)ccc21)N1CCC[C@@H](C(=O)Nc2ccccc2)C1. The predicted molar refractivity (Wildman–Crippen MR) is 121 cm³/mol. The second-order valence-corrected chi connectivity index (χ2v) is 8.57. The number of anilines is 3. The van der Waals surface area contributed by atoms with E-state index in [4.69, 9.17) is 0 Å². The molecule has 0 spiro atoms. The summed E-state index contributed by atoms with van der Waals surface area (Å²) in [5, 5.41) is 5.32. The second kappa shape index (κ2) is 9.46. The molecule has 2 aromatic carbocycles. The molecule has 2 aromatic rings. The standard InChI is InChI=1S/C24H25F3N4O3/c1-15(30-11-5-6-16(13-30)22(33)28-18-7-3-2-4-8-18)23(34)31-14-21(32)29-19-12-17(24(25,26)27)9-10-20(19)31/h2-4,7-10,12,15-16H,5-6,11,13-14H2,1H3,(H,28,33)(H,29,32)/t15-,16+/m0/s1. The van der Waals surface area contributed by atoms with E-state index < -0.39 is 29.6 Å². The van der Waals surface area contributed by atoms with E-state index in [0.29, 0.717) is 25.2 Å². The molecule has 2 atom stereocenters. The molecule has 0 radical (unpaired) electrons. The van der Waals surface area contributed by atoms with Gasteiger partial charge in [-0.2, -0.15) is 13.2 Å². The summed E-state index contributed by atoms with van der Waals surface area (Å²) in [6.07, 6.45) is -3.16. The van der Waals surface area contributed by atoms with Crippen LogP contribution in [-0.2, 0) is 20.6 Å². The third-order valence-electron chi connectivity index (χ3n) is 6.23. The fourth-order valence-electron chi connectivity index (χ4n) is 4.38. The minimum atomic E-state index is -4.57. The number of carbonyl (C=O) groups is 3. The molecule has 2 aliphatic heterocycles. The number of nitrogens with one attached hydrogen (secondary N) is 2. The lowest BCUT2D eigenvalue weighted by molar-refractivity contribution is -0.137. The Bertz CT molecular complexity index is 1090. The highest BCUT2D eigenvalue weighted by atomic mass is 19.4. The molecule has 0 bridgehead atoms. The molecule has 10 heteroatoms. The van der Waals surface area contributed by atoms with Crippen LogP contribution in [0.5, 0.6) is 0 Å². The van der Waals surface area contributed by atoms with Crippen molar-refractivity contribution in [2.75, 3.05) is 35.2 Å². The molecule has 34 heavy (non-hydrogen) atoms. The van der Waals surface area contributed by atoms with Crippen molar-refractivity contribution < 1.29 is 27.6 Å². The number of carbonyl (C=O) groups excluding carboxylic acids is 3. The molecule has 4 rings (SSSR count). The molecular formula is C24H25F3N4O3. The molecular weight excluding hydrogens is 449 g/mol. The van der Waals surface area contributed by atoms with Gasteiger partial charge in [-0.15, -0.1) is 0 Å².